The van der Waals surface area contributed by atoms with Crippen LogP contribution in [0.25, 0.3) is 22.6 Å². The Morgan fingerprint density at radius 3 is 2.59 bits per heavy atom. The van der Waals surface area contributed by atoms with Gasteiger partial charge in [0.25, 0.3) is 5.91 Å². The number of nitrogens with one attached hydrogen (secondary N) is 1. The van der Waals surface area contributed by atoms with Gasteiger partial charge in [-0.05, 0) is 71.4 Å². The molecule has 2 N–H and O–H groups in total. The minimum atomic E-state index is -0.180. The summed E-state index contributed by atoms with van der Waals surface area (Å²) in [6, 6.07) is 17.7. The van der Waals surface area contributed by atoms with Gasteiger partial charge in [-0.25, -0.2) is 4.98 Å². The van der Waals surface area contributed by atoms with Gasteiger partial charge in [-0.3, -0.25) is 4.79 Å². The van der Waals surface area contributed by atoms with Gasteiger partial charge in [0.15, 0.2) is 5.58 Å². The van der Waals surface area contributed by atoms with Crippen LogP contribution >= 0.6 is 15.9 Å². The van der Waals surface area contributed by atoms with E-state index in [9.17, 15) is 9.90 Å². The summed E-state index contributed by atoms with van der Waals surface area (Å²) in [6.45, 7) is 1.98. The van der Waals surface area contributed by atoms with Gasteiger partial charge in [0.1, 0.15) is 11.3 Å². The van der Waals surface area contributed by atoms with Crippen molar-refractivity contribution in [2.45, 2.75) is 6.92 Å². The minimum absolute atomic E-state index is 0.149. The summed E-state index contributed by atoms with van der Waals surface area (Å²) in [5, 5.41) is 12.5. The van der Waals surface area contributed by atoms with Gasteiger partial charge in [0.2, 0.25) is 5.89 Å². The number of aromatic hydroxyl groups is 1. The number of benzene rings is 3. The molecule has 4 aromatic rings. The maximum Gasteiger partial charge on any atom is 0.255 e. The first-order valence-electron chi connectivity index (χ1n) is 8.27. The number of hydrogen-bond donors (Lipinski definition) is 2. The van der Waals surface area contributed by atoms with Crippen LogP contribution < -0.4 is 5.32 Å². The molecule has 27 heavy (non-hydrogen) atoms. The smallest absolute Gasteiger partial charge is 0.255 e. The van der Waals surface area contributed by atoms with E-state index in [-0.39, 0.29) is 11.7 Å². The van der Waals surface area contributed by atoms with Crippen molar-refractivity contribution < 1.29 is 14.3 Å². The minimum Gasteiger partial charge on any atom is -0.507 e. The number of anilines is 1. The number of halogens is 1. The molecule has 4 rings (SSSR count). The van der Waals surface area contributed by atoms with Gasteiger partial charge in [-0.2, -0.15) is 0 Å². The summed E-state index contributed by atoms with van der Waals surface area (Å²) >= 11 is 3.29. The van der Waals surface area contributed by atoms with Gasteiger partial charge < -0.3 is 14.8 Å². The van der Waals surface area contributed by atoms with E-state index in [1.165, 1.54) is 0 Å². The molecule has 134 valence electrons. The monoisotopic (exact) mass is 422 g/mol. The van der Waals surface area contributed by atoms with E-state index < -0.39 is 0 Å². The van der Waals surface area contributed by atoms with E-state index >= 15 is 0 Å². The van der Waals surface area contributed by atoms with E-state index in [4.69, 9.17) is 4.42 Å². The zero-order valence-electron chi connectivity index (χ0n) is 14.4. The van der Waals surface area contributed by atoms with Crippen molar-refractivity contribution in [2.75, 3.05) is 5.32 Å². The molecule has 0 saturated carbocycles. The second kappa shape index (κ2) is 6.89. The molecular weight excluding hydrogens is 408 g/mol. The molecule has 0 aliphatic rings. The number of amides is 1. The molecule has 1 amide bonds. The molecule has 0 spiro atoms. The summed E-state index contributed by atoms with van der Waals surface area (Å²) < 4.78 is 6.34. The molecule has 1 aromatic heterocycles. The van der Waals surface area contributed by atoms with Crippen LogP contribution in [0.2, 0.25) is 0 Å². The summed E-state index contributed by atoms with van der Waals surface area (Å²) in [5.41, 5.74) is 4.32. The van der Waals surface area contributed by atoms with E-state index in [2.05, 4.69) is 26.2 Å². The fourth-order valence-corrected chi connectivity index (χ4v) is 3.06. The lowest BCUT2D eigenvalue weighted by Crippen LogP contribution is -2.11. The molecule has 0 aliphatic carbocycles. The lowest BCUT2D eigenvalue weighted by Gasteiger charge is -2.05. The molecule has 0 unspecified atom stereocenters. The first-order chi connectivity index (χ1) is 13.0. The number of nitrogens with zero attached hydrogens (tertiary/aromatic N) is 1. The Morgan fingerprint density at radius 1 is 1.07 bits per heavy atom. The molecule has 1 heterocycles. The molecule has 6 heteroatoms. The van der Waals surface area contributed by atoms with Crippen LogP contribution in [0.1, 0.15) is 15.9 Å². The second-order valence-electron chi connectivity index (χ2n) is 6.19. The standard InChI is InChI=1S/C21H15BrN2O3/c1-12-2-4-13(5-3-12)20(26)23-15-7-9-19-17(11-15)24-21(27-19)14-6-8-18(25)16(22)10-14/h2-11,25H,1H3,(H,23,26). The number of aromatic nitrogens is 1. The topological polar surface area (TPSA) is 75.4 Å². The summed E-state index contributed by atoms with van der Waals surface area (Å²) in [4.78, 5) is 16.9. The van der Waals surface area contributed by atoms with Gasteiger partial charge in [-0.1, -0.05) is 17.7 Å². The third-order valence-electron chi connectivity index (χ3n) is 4.15. The number of phenolic OH excluding ortho intramolecular Hbond substituents is 1. The molecule has 0 fully saturated rings. The van der Waals surface area contributed by atoms with Gasteiger partial charge in [-0.15, -0.1) is 0 Å². The number of carbonyl (C=O) groups is 1. The average molecular weight is 423 g/mol. The van der Waals surface area contributed by atoms with Crippen LogP contribution in [0.15, 0.2) is 69.6 Å². The lowest BCUT2D eigenvalue weighted by molar-refractivity contribution is 0.102. The number of rotatable bonds is 3. The van der Waals surface area contributed by atoms with Crippen LogP contribution in [0, 0.1) is 6.92 Å². The Balaban J connectivity index is 1.61. The SMILES string of the molecule is Cc1ccc(C(=O)Nc2ccc3oc(-c4ccc(O)c(Br)c4)nc3c2)cc1. The largest absolute Gasteiger partial charge is 0.507 e. The van der Waals surface area contributed by atoms with Crippen molar-refractivity contribution in [1.29, 1.82) is 0 Å². The number of hydrogen-bond acceptors (Lipinski definition) is 4. The van der Waals surface area contributed by atoms with E-state index in [0.717, 1.165) is 11.1 Å². The normalized spacial score (nSPS) is 10.9. The zero-order chi connectivity index (χ0) is 19.0. The fourth-order valence-electron chi connectivity index (χ4n) is 2.68. The fraction of sp³-hybridized carbons (Fsp3) is 0.0476. The first kappa shape index (κ1) is 17.3. The second-order valence-corrected chi connectivity index (χ2v) is 7.04. The third kappa shape index (κ3) is 3.57. The molecule has 0 aliphatic heterocycles. The predicted molar refractivity (Wildman–Crippen MR) is 108 cm³/mol. The first-order valence-corrected chi connectivity index (χ1v) is 9.06. The Kier molecular flexibility index (Phi) is 4.41. The maximum absolute atomic E-state index is 12.4. The van der Waals surface area contributed by atoms with Crippen molar-refractivity contribution >= 4 is 38.6 Å². The zero-order valence-corrected chi connectivity index (χ0v) is 15.9. The molecule has 0 radical (unpaired) electrons. The highest BCUT2D eigenvalue weighted by Crippen LogP contribution is 2.31. The van der Waals surface area contributed by atoms with Crippen LogP contribution in [0.5, 0.6) is 5.75 Å². The number of oxazole rings is 1. The van der Waals surface area contributed by atoms with Gasteiger partial charge >= 0.3 is 0 Å². The number of phenols is 1. The predicted octanol–water partition coefficient (Wildman–Crippen LogP) is 5.52. The molecule has 3 aromatic carbocycles. The summed E-state index contributed by atoms with van der Waals surface area (Å²) in [5.74, 6) is 0.407. The highest BCUT2D eigenvalue weighted by Gasteiger charge is 2.12. The highest BCUT2D eigenvalue weighted by molar-refractivity contribution is 9.10. The molecular formula is C21H15BrN2O3. The Morgan fingerprint density at radius 2 is 1.85 bits per heavy atom. The Hall–Kier alpha value is -3.12. The molecule has 0 bridgehead atoms. The highest BCUT2D eigenvalue weighted by atomic mass is 79.9. The molecule has 0 atom stereocenters. The quantitative estimate of drug-likeness (QED) is 0.455. The van der Waals surface area contributed by atoms with Crippen LogP contribution in [0.3, 0.4) is 0 Å². The van der Waals surface area contributed by atoms with Crippen LogP contribution in [-0.4, -0.2) is 16.0 Å². The molecule has 5 nitrogen and oxygen atoms in total. The summed E-state index contributed by atoms with van der Waals surface area (Å²) in [6.07, 6.45) is 0. The lowest BCUT2D eigenvalue weighted by atomic mass is 10.1. The van der Waals surface area contributed by atoms with E-state index in [0.29, 0.717) is 32.7 Å². The van der Waals surface area contributed by atoms with Crippen molar-refractivity contribution in [3.8, 4) is 17.2 Å². The van der Waals surface area contributed by atoms with E-state index in [1.807, 2.05) is 19.1 Å². The number of fused-ring (bicyclic) bond motifs is 1. The third-order valence-corrected chi connectivity index (χ3v) is 4.79. The van der Waals surface area contributed by atoms with Crippen molar-refractivity contribution in [3.05, 3.63) is 76.3 Å². The number of aryl methyl sites for hydroxylation is 1. The molecule has 0 saturated heterocycles. The van der Waals surface area contributed by atoms with Gasteiger partial charge in [0, 0.05) is 16.8 Å². The van der Waals surface area contributed by atoms with Crippen molar-refractivity contribution in [3.63, 3.8) is 0 Å². The average Bonchev–Trinajstić information content (AvgIpc) is 3.08. The summed E-state index contributed by atoms with van der Waals surface area (Å²) in [7, 11) is 0. The van der Waals surface area contributed by atoms with Crippen molar-refractivity contribution in [2.24, 2.45) is 0 Å². The Labute approximate surface area is 163 Å². The van der Waals surface area contributed by atoms with E-state index in [1.54, 1.807) is 48.5 Å². The number of carbonyl (C=O) groups excluding carboxylic acids is 1. The van der Waals surface area contributed by atoms with Crippen molar-refractivity contribution in [1.82, 2.24) is 4.98 Å². The van der Waals surface area contributed by atoms with Crippen LogP contribution in [0.4, 0.5) is 5.69 Å². The Bertz CT molecular complexity index is 1150. The van der Waals surface area contributed by atoms with Crippen LogP contribution in [-0.2, 0) is 0 Å². The maximum atomic E-state index is 12.4. The van der Waals surface area contributed by atoms with Gasteiger partial charge in [0.05, 0.1) is 4.47 Å².